The van der Waals surface area contributed by atoms with E-state index in [1.54, 1.807) is 0 Å². The largest absolute Gasteiger partial charge is 0.294 e. The topological polar surface area (TPSA) is 32.3 Å². The van der Waals surface area contributed by atoms with Crippen molar-refractivity contribution in [1.82, 2.24) is 9.97 Å². The summed E-state index contributed by atoms with van der Waals surface area (Å²) in [6.45, 7) is 6.59. The third-order valence-corrected chi connectivity index (χ3v) is 10.00. The molecule has 2 aromatic heterocycles. The fourth-order valence-electron chi connectivity index (χ4n) is 7.33. The van der Waals surface area contributed by atoms with Crippen LogP contribution in [0.5, 0.6) is 0 Å². The minimum atomic E-state index is 0.866. The molecule has 4 nitrogen and oxygen atoms in total. The van der Waals surface area contributed by atoms with Crippen LogP contribution in [0.4, 0.5) is 34.4 Å². The van der Waals surface area contributed by atoms with Crippen molar-refractivity contribution in [3.8, 4) is 0 Å². The second kappa shape index (κ2) is 12.4. The molecule has 0 saturated heterocycles. The molecule has 4 heteroatoms. The van der Waals surface area contributed by atoms with Gasteiger partial charge in [0.1, 0.15) is 11.6 Å². The fraction of sp³-hybridized carbons (Fsp3) is 0.0638. The fourth-order valence-corrected chi connectivity index (χ4v) is 7.33. The third kappa shape index (κ3) is 5.33. The van der Waals surface area contributed by atoms with Crippen LogP contribution in [-0.4, -0.2) is 9.97 Å². The van der Waals surface area contributed by atoms with Gasteiger partial charge in [-0.2, -0.15) is 0 Å². The lowest BCUT2D eigenvalue weighted by Gasteiger charge is -2.32. The summed E-state index contributed by atoms with van der Waals surface area (Å²) in [6.07, 6.45) is 3.98. The summed E-state index contributed by atoms with van der Waals surface area (Å²) in [7, 11) is 0. The van der Waals surface area contributed by atoms with E-state index in [4.69, 9.17) is 9.97 Å². The monoisotopic (exact) mass is 656 g/mol. The molecule has 0 aliphatic heterocycles. The zero-order chi connectivity index (χ0) is 34.5. The van der Waals surface area contributed by atoms with Crippen LogP contribution < -0.4 is 9.80 Å². The predicted molar refractivity (Wildman–Crippen MR) is 216 cm³/mol. The maximum absolute atomic E-state index is 5.12. The maximum Gasteiger partial charge on any atom is 0.138 e. The summed E-state index contributed by atoms with van der Waals surface area (Å²) in [5, 5.41) is 9.08. The van der Waals surface area contributed by atoms with E-state index in [-0.39, 0.29) is 0 Å². The first-order valence-corrected chi connectivity index (χ1v) is 17.4. The van der Waals surface area contributed by atoms with E-state index in [0.717, 1.165) is 77.5 Å². The summed E-state index contributed by atoms with van der Waals surface area (Å²) in [4.78, 5) is 14.9. The van der Waals surface area contributed by atoms with Gasteiger partial charge in [-0.3, -0.25) is 9.80 Å². The Morgan fingerprint density at radius 1 is 0.373 bits per heavy atom. The number of aryl methyl sites for hydroxylation is 3. The summed E-state index contributed by atoms with van der Waals surface area (Å²) >= 11 is 0. The maximum atomic E-state index is 5.12. The van der Waals surface area contributed by atoms with E-state index in [2.05, 4.69) is 182 Å². The second-order valence-corrected chi connectivity index (χ2v) is 13.3. The van der Waals surface area contributed by atoms with Crippen LogP contribution in [-0.2, 0) is 0 Å². The van der Waals surface area contributed by atoms with Crippen molar-refractivity contribution in [3.05, 3.63) is 181 Å². The Kier molecular flexibility index (Phi) is 7.44. The first kappa shape index (κ1) is 30.5. The van der Waals surface area contributed by atoms with Gasteiger partial charge in [0.25, 0.3) is 0 Å². The zero-order valence-corrected chi connectivity index (χ0v) is 28.9. The molecule has 0 fully saturated rings. The molecular formula is C47H36N4. The highest BCUT2D eigenvalue weighted by Crippen LogP contribution is 2.51. The van der Waals surface area contributed by atoms with E-state index in [0.29, 0.717) is 0 Å². The van der Waals surface area contributed by atoms with E-state index in [1.807, 2.05) is 12.4 Å². The number of fused-ring (bicyclic) bond motifs is 4. The van der Waals surface area contributed by atoms with Gasteiger partial charge in [0.05, 0.1) is 11.4 Å². The van der Waals surface area contributed by atoms with Crippen molar-refractivity contribution in [2.75, 3.05) is 9.80 Å². The van der Waals surface area contributed by atoms with Crippen LogP contribution in [0, 0.1) is 20.8 Å². The first-order chi connectivity index (χ1) is 25.0. The second-order valence-electron chi connectivity index (χ2n) is 13.3. The summed E-state index contributed by atoms with van der Waals surface area (Å²) in [5.74, 6) is 1.73. The standard InChI is InChI=1S/C47H36N4/c1-31-22-23-40-41(24-31)47(51(39-20-8-5-9-21-39)45-28-35-15-11-13-17-37(35)30-49-45)43-26-33(3)32(2)25-42(43)46(40)50(38-18-6-4-7-19-38)44-27-34-14-10-12-16-36(34)29-48-44/h4-30H,1-3H3. The Balaban J connectivity index is 1.44. The van der Waals surface area contributed by atoms with E-state index >= 15 is 0 Å². The number of benzene rings is 7. The molecule has 0 bridgehead atoms. The van der Waals surface area contributed by atoms with Gasteiger partial charge in [0, 0.05) is 56.1 Å². The van der Waals surface area contributed by atoms with Crippen molar-refractivity contribution in [2.45, 2.75) is 20.8 Å². The van der Waals surface area contributed by atoms with E-state index in [1.165, 1.54) is 16.7 Å². The highest BCUT2D eigenvalue weighted by atomic mass is 15.2. The van der Waals surface area contributed by atoms with Gasteiger partial charge < -0.3 is 0 Å². The molecule has 0 N–H and O–H groups in total. The molecule has 0 atom stereocenters. The summed E-state index contributed by atoms with van der Waals surface area (Å²) < 4.78 is 0. The predicted octanol–water partition coefficient (Wildman–Crippen LogP) is 13.0. The number of rotatable bonds is 6. The number of pyridine rings is 2. The number of hydrogen-bond acceptors (Lipinski definition) is 4. The molecule has 2 heterocycles. The quantitative estimate of drug-likeness (QED) is 0.132. The molecule has 0 spiro atoms. The first-order valence-electron chi connectivity index (χ1n) is 17.4. The van der Waals surface area contributed by atoms with Crippen molar-refractivity contribution in [3.63, 3.8) is 0 Å². The highest BCUT2D eigenvalue weighted by Gasteiger charge is 2.27. The molecule has 0 aliphatic carbocycles. The molecule has 0 saturated carbocycles. The molecule has 9 rings (SSSR count). The van der Waals surface area contributed by atoms with E-state index in [9.17, 15) is 0 Å². The third-order valence-electron chi connectivity index (χ3n) is 10.00. The lowest BCUT2D eigenvalue weighted by Crippen LogP contribution is -2.16. The van der Waals surface area contributed by atoms with Crippen LogP contribution >= 0.6 is 0 Å². The average Bonchev–Trinajstić information content (AvgIpc) is 3.17. The van der Waals surface area contributed by atoms with Crippen molar-refractivity contribution < 1.29 is 0 Å². The molecule has 0 radical (unpaired) electrons. The van der Waals surface area contributed by atoms with Gasteiger partial charge in [-0.05, 0) is 97.3 Å². The van der Waals surface area contributed by atoms with Crippen molar-refractivity contribution in [1.29, 1.82) is 0 Å². The Labute approximate surface area is 297 Å². The van der Waals surface area contributed by atoms with Crippen LogP contribution in [0.15, 0.2) is 164 Å². The van der Waals surface area contributed by atoms with Crippen LogP contribution in [0.2, 0.25) is 0 Å². The minimum Gasteiger partial charge on any atom is -0.294 e. The number of nitrogens with zero attached hydrogens (tertiary/aromatic N) is 4. The Hall–Kier alpha value is -6.52. The summed E-state index contributed by atoms with van der Waals surface area (Å²) in [6, 6.07) is 54.1. The highest BCUT2D eigenvalue weighted by molar-refractivity contribution is 6.23. The molecule has 244 valence electrons. The van der Waals surface area contributed by atoms with Gasteiger partial charge in [-0.15, -0.1) is 0 Å². The van der Waals surface area contributed by atoms with Gasteiger partial charge in [0.15, 0.2) is 0 Å². The van der Waals surface area contributed by atoms with Crippen LogP contribution in [0.3, 0.4) is 0 Å². The smallest absolute Gasteiger partial charge is 0.138 e. The molecule has 0 aliphatic rings. The molecule has 51 heavy (non-hydrogen) atoms. The van der Waals surface area contributed by atoms with Gasteiger partial charge >= 0.3 is 0 Å². The number of hydrogen-bond donors (Lipinski definition) is 0. The molecule has 9 aromatic rings. The lowest BCUT2D eigenvalue weighted by atomic mass is 9.92. The summed E-state index contributed by atoms with van der Waals surface area (Å²) in [5.41, 5.74) is 7.95. The van der Waals surface area contributed by atoms with Gasteiger partial charge in [-0.1, -0.05) is 103 Å². The Bertz CT molecular complexity index is 2740. The molecule has 0 unspecified atom stereocenters. The van der Waals surface area contributed by atoms with Crippen LogP contribution in [0.1, 0.15) is 16.7 Å². The van der Waals surface area contributed by atoms with Crippen molar-refractivity contribution in [2.24, 2.45) is 0 Å². The Morgan fingerprint density at radius 3 is 1.27 bits per heavy atom. The van der Waals surface area contributed by atoms with Gasteiger partial charge in [0.2, 0.25) is 0 Å². The normalized spacial score (nSPS) is 11.4. The number of anilines is 6. The lowest BCUT2D eigenvalue weighted by molar-refractivity contribution is 1.20. The molecular weight excluding hydrogens is 621 g/mol. The van der Waals surface area contributed by atoms with E-state index < -0.39 is 0 Å². The van der Waals surface area contributed by atoms with Crippen LogP contribution in [0.25, 0.3) is 43.1 Å². The molecule has 0 amide bonds. The van der Waals surface area contributed by atoms with Crippen molar-refractivity contribution >= 4 is 77.5 Å². The number of para-hydroxylation sites is 2. The van der Waals surface area contributed by atoms with Gasteiger partial charge in [-0.25, -0.2) is 9.97 Å². The average molecular weight is 657 g/mol. The zero-order valence-electron chi connectivity index (χ0n) is 28.9. The Morgan fingerprint density at radius 2 is 0.784 bits per heavy atom. The number of aromatic nitrogens is 2. The minimum absolute atomic E-state index is 0.866. The SMILES string of the molecule is Cc1ccc2c(N(c3ccccc3)c3cc4ccccc4cn3)c3cc(C)c(C)cc3c(N(c3ccccc3)c3cc4ccccc4cn3)c2c1. The molecule has 7 aromatic carbocycles.